The molecule has 1 heteroatoms. The molecule has 0 aromatic heterocycles. The molecule has 1 saturated carbocycles. The van der Waals surface area contributed by atoms with Crippen LogP contribution in [0.15, 0.2) is 48.3 Å². The second-order valence-electron chi connectivity index (χ2n) is 5.82. The lowest BCUT2D eigenvalue weighted by Crippen LogP contribution is -2.19. The van der Waals surface area contributed by atoms with Crippen LogP contribution in [0, 0.1) is 5.41 Å². The summed E-state index contributed by atoms with van der Waals surface area (Å²) in [5, 5.41) is 0. The fourth-order valence-electron chi connectivity index (χ4n) is 3.44. The molecule has 2 rings (SSSR count). The molecule has 1 nitrogen and oxygen atoms in total. The lowest BCUT2D eigenvalue weighted by Gasteiger charge is -2.31. The molecule has 0 unspecified atom stereocenters. The zero-order valence-corrected chi connectivity index (χ0v) is 12.2. The first-order valence-corrected chi connectivity index (χ1v) is 7.57. The van der Waals surface area contributed by atoms with Gasteiger partial charge in [0.1, 0.15) is 12.4 Å². The summed E-state index contributed by atoms with van der Waals surface area (Å²) in [6.07, 6.45) is 19.8. The summed E-state index contributed by atoms with van der Waals surface area (Å²) in [5.74, 6) is 0.907. The minimum atomic E-state index is 0.528. The van der Waals surface area contributed by atoms with Gasteiger partial charge in [-0.2, -0.15) is 0 Å². The van der Waals surface area contributed by atoms with Crippen molar-refractivity contribution in [1.82, 2.24) is 0 Å². The van der Waals surface area contributed by atoms with E-state index in [4.69, 9.17) is 4.74 Å². The van der Waals surface area contributed by atoms with Crippen molar-refractivity contribution in [1.29, 1.82) is 0 Å². The Hall–Kier alpha value is -1.24. The molecule has 19 heavy (non-hydrogen) atoms. The number of ether oxygens (including phenoxy) is 1. The number of hydrogen-bond acceptors (Lipinski definition) is 1. The van der Waals surface area contributed by atoms with Crippen molar-refractivity contribution in [2.45, 2.75) is 51.9 Å². The second kappa shape index (κ2) is 6.79. The van der Waals surface area contributed by atoms with E-state index in [0.717, 1.165) is 12.4 Å². The van der Waals surface area contributed by atoms with E-state index in [-0.39, 0.29) is 0 Å². The Balaban J connectivity index is 1.96. The van der Waals surface area contributed by atoms with Gasteiger partial charge >= 0.3 is 0 Å². The maximum absolute atomic E-state index is 5.90. The summed E-state index contributed by atoms with van der Waals surface area (Å²) in [6, 6.07) is 0. The van der Waals surface area contributed by atoms with Gasteiger partial charge < -0.3 is 4.74 Å². The van der Waals surface area contributed by atoms with Gasteiger partial charge in [-0.3, -0.25) is 0 Å². The monoisotopic (exact) mass is 258 g/mol. The summed E-state index contributed by atoms with van der Waals surface area (Å²) in [5.41, 5.74) is 2.02. The lowest BCUT2D eigenvalue weighted by molar-refractivity contribution is 0.237. The fraction of sp³-hybridized carbons (Fsp3) is 0.556. The molecule has 1 fully saturated rings. The van der Waals surface area contributed by atoms with E-state index in [1.54, 1.807) is 6.08 Å². The first-order valence-electron chi connectivity index (χ1n) is 7.57. The molecular weight excluding hydrogens is 232 g/mol. The summed E-state index contributed by atoms with van der Waals surface area (Å²) in [4.78, 5) is 0. The van der Waals surface area contributed by atoms with Gasteiger partial charge in [0.05, 0.1) is 0 Å². The summed E-state index contributed by atoms with van der Waals surface area (Å²) in [7, 11) is 0. The van der Waals surface area contributed by atoms with Crippen molar-refractivity contribution in [3.05, 3.63) is 48.3 Å². The van der Waals surface area contributed by atoms with E-state index in [0.29, 0.717) is 5.41 Å². The van der Waals surface area contributed by atoms with Crippen LogP contribution in [0.25, 0.3) is 0 Å². The van der Waals surface area contributed by atoms with Gasteiger partial charge in [0.25, 0.3) is 0 Å². The van der Waals surface area contributed by atoms with E-state index in [1.807, 2.05) is 25.2 Å². The lowest BCUT2D eigenvalue weighted by atomic mass is 9.75. The normalized spacial score (nSPS) is 22.8. The van der Waals surface area contributed by atoms with Crippen molar-refractivity contribution in [2.75, 3.05) is 6.61 Å². The first-order chi connectivity index (χ1) is 9.28. The average Bonchev–Trinajstić information content (AvgIpc) is 2.85. The molecule has 1 spiro atoms. The van der Waals surface area contributed by atoms with Crippen LogP contribution in [0.3, 0.4) is 0 Å². The van der Waals surface area contributed by atoms with Gasteiger partial charge in [-0.25, -0.2) is 0 Å². The van der Waals surface area contributed by atoms with Crippen molar-refractivity contribution in [3.8, 4) is 0 Å². The Bertz CT molecular complexity index is 392. The van der Waals surface area contributed by atoms with Crippen LogP contribution in [0.4, 0.5) is 0 Å². The second-order valence-corrected chi connectivity index (χ2v) is 5.82. The molecule has 0 aliphatic heterocycles. The van der Waals surface area contributed by atoms with Crippen LogP contribution < -0.4 is 0 Å². The third-order valence-electron chi connectivity index (χ3n) is 4.32. The van der Waals surface area contributed by atoms with Gasteiger partial charge in [0.15, 0.2) is 0 Å². The van der Waals surface area contributed by atoms with Crippen molar-refractivity contribution in [3.63, 3.8) is 0 Å². The average molecular weight is 258 g/mol. The first kappa shape index (κ1) is 14.2. The Kier molecular flexibility index (Phi) is 5.07. The largest absolute Gasteiger partial charge is 0.489 e. The molecule has 2 aliphatic rings. The van der Waals surface area contributed by atoms with Gasteiger partial charge in [-0.15, -0.1) is 0 Å². The van der Waals surface area contributed by atoms with Gasteiger partial charge in [0.2, 0.25) is 0 Å². The predicted octanol–water partition coefficient (Wildman–Crippen LogP) is 5.32. The molecule has 0 atom stereocenters. The van der Waals surface area contributed by atoms with E-state index in [2.05, 4.69) is 12.7 Å². The van der Waals surface area contributed by atoms with Crippen molar-refractivity contribution in [2.24, 2.45) is 5.41 Å². The van der Waals surface area contributed by atoms with Gasteiger partial charge in [0, 0.05) is 0 Å². The molecule has 0 N–H and O–H groups in total. The molecular formula is C18H26O. The molecule has 0 amide bonds. The minimum absolute atomic E-state index is 0.528. The topological polar surface area (TPSA) is 9.23 Å². The van der Waals surface area contributed by atoms with Crippen molar-refractivity contribution < 1.29 is 4.74 Å². The molecule has 104 valence electrons. The predicted molar refractivity (Wildman–Crippen MR) is 81.9 cm³/mol. The zero-order chi connectivity index (χ0) is 13.6. The standard InChI is InChI=1S/C18H26O/c1-3-8-17(9-4-2)19-15-16-10-7-13-18(14-16)11-5-6-12-18/h3-4,8-9,14H,1,5-7,10-13,15H2,2H3/b9-4-,17-8+. The Labute approximate surface area is 117 Å². The zero-order valence-electron chi connectivity index (χ0n) is 12.2. The Morgan fingerprint density at radius 1 is 1.32 bits per heavy atom. The van der Waals surface area contributed by atoms with E-state index in [1.165, 1.54) is 50.5 Å². The van der Waals surface area contributed by atoms with E-state index in [9.17, 15) is 0 Å². The van der Waals surface area contributed by atoms with E-state index < -0.39 is 0 Å². The molecule has 0 aromatic carbocycles. The Morgan fingerprint density at radius 2 is 2.05 bits per heavy atom. The summed E-state index contributed by atoms with van der Waals surface area (Å²) < 4.78 is 5.90. The quantitative estimate of drug-likeness (QED) is 0.368. The molecule has 2 aliphatic carbocycles. The third-order valence-corrected chi connectivity index (χ3v) is 4.32. The maximum atomic E-state index is 5.90. The van der Waals surface area contributed by atoms with Crippen molar-refractivity contribution >= 4 is 0 Å². The summed E-state index contributed by atoms with van der Waals surface area (Å²) >= 11 is 0. The van der Waals surface area contributed by atoms with Crippen LogP contribution in [-0.4, -0.2) is 6.61 Å². The van der Waals surface area contributed by atoms with Crippen LogP contribution in [-0.2, 0) is 4.74 Å². The molecule has 0 aromatic rings. The molecule has 0 bridgehead atoms. The number of rotatable bonds is 5. The van der Waals surface area contributed by atoms with E-state index >= 15 is 0 Å². The smallest absolute Gasteiger partial charge is 0.119 e. The van der Waals surface area contributed by atoms with Crippen LogP contribution in [0.1, 0.15) is 51.9 Å². The fourth-order valence-corrected chi connectivity index (χ4v) is 3.44. The highest BCUT2D eigenvalue weighted by Crippen LogP contribution is 2.47. The maximum Gasteiger partial charge on any atom is 0.119 e. The van der Waals surface area contributed by atoms with Crippen LogP contribution in [0.5, 0.6) is 0 Å². The molecule has 0 heterocycles. The Morgan fingerprint density at radius 3 is 2.74 bits per heavy atom. The van der Waals surface area contributed by atoms with Gasteiger partial charge in [-0.1, -0.05) is 37.6 Å². The SMILES string of the molecule is C=C/C=C(\C=C/C)OCC1=CC2(CCCC2)CCC1. The highest BCUT2D eigenvalue weighted by molar-refractivity contribution is 5.19. The highest BCUT2D eigenvalue weighted by Gasteiger charge is 2.33. The molecule has 0 radical (unpaired) electrons. The minimum Gasteiger partial charge on any atom is -0.489 e. The van der Waals surface area contributed by atoms with Gasteiger partial charge in [-0.05, 0) is 62.2 Å². The third kappa shape index (κ3) is 3.86. The number of hydrogen-bond donors (Lipinski definition) is 0. The number of allylic oxidation sites excluding steroid dienone is 5. The highest BCUT2D eigenvalue weighted by atomic mass is 16.5. The van der Waals surface area contributed by atoms with Crippen LogP contribution >= 0.6 is 0 Å². The molecule has 0 saturated heterocycles. The summed E-state index contributed by atoms with van der Waals surface area (Å²) in [6.45, 7) is 6.48. The van der Waals surface area contributed by atoms with Crippen LogP contribution in [0.2, 0.25) is 0 Å².